The molecule has 5 aromatic rings. The maximum atomic E-state index is 12.7. The highest BCUT2D eigenvalue weighted by molar-refractivity contribution is 5.97. The monoisotopic (exact) mass is 507 g/mol. The number of hydrogen-bond acceptors (Lipinski definition) is 5. The van der Waals surface area contributed by atoms with E-state index in [0.717, 1.165) is 33.5 Å². The third kappa shape index (κ3) is 5.60. The van der Waals surface area contributed by atoms with Crippen molar-refractivity contribution < 1.29 is 27.5 Å². The van der Waals surface area contributed by atoms with Crippen LogP contribution in [0.15, 0.2) is 94.5 Å². The second kappa shape index (κ2) is 10.5. The van der Waals surface area contributed by atoms with E-state index in [-0.39, 0.29) is 5.56 Å². The lowest BCUT2D eigenvalue weighted by atomic mass is 9.96. The summed E-state index contributed by atoms with van der Waals surface area (Å²) < 4.78 is 37.3. The largest absolute Gasteiger partial charge is 0.490 e. The lowest BCUT2D eigenvalue weighted by Gasteiger charge is -2.13. The highest BCUT2D eigenvalue weighted by atomic mass is 19.4. The van der Waals surface area contributed by atoms with Crippen molar-refractivity contribution in [1.82, 2.24) is 9.97 Å². The number of halogens is 3. The van der Waals surface area contributed by atoms with E-state index in [4.69, 9.17) is 25.0 Å². The summed E-state index contributed by atoms with van der Waals surface area (Å²) in [6, 6.07) is 23.6. The molecule has 0 fully saturated rings. The minimum Gasteiger partial charge on any atom is -0.475 e. The molecule has 0 unspecified atom stereocenters. The molecule has 0 amide bonds. The smallest absolute Gasteiger partial charge is 0.475 e. The molecular weight excluding hydrogens is 487 g/mol. The lowest BCUT2D eigenvalue weighted by Crippen LogP contribution is -2.21. The zero-order chi connectivity index (χ0) is 26.6. The summed E-state index contributed by atoms with van der Waals surface area (Å²) in [7, 11) is 0. The number of aliphatic carboxylic acids is 1. The number of carbonyl (C=O) groups is 1. The van der Waals surface area contributed by atoms with Crippen molar-refractivity contribution in [2.24, 2.45) is 5.73 Å². The molecule has 0 aliphatic carbocycles. The maximum absolute atomic E-state index is 12.7. The van der Waals surface area contributed by atoms with Crippen molar-refractivity contribution in [3.05, 3.63) is 101 Å². The van der Waals surface area contributed by atoms with Crippen molar-refractivity contribution in [2.75, 3.05) is 0 Å². The molecule has 2 aromatic carbocycles. The number of aromatic nitrogens is 2. The van der Waals surface area contributed by atoms with Gasteiger partial charge in [0.15, 0.2) is 0 Å². The summed E-state index contributed by atoms with van der Waals surface area (Å²) in [5.74, 6) is -2.10. The second-order valence-electron chi connectivity index (χ2n) is 7.86. The fourth-order valence-corrected chi connectivity index (χ4v) is 3.65. The predicted octanol–water partition coefficient (Wildman–Crippen LogP) is 5.61. The SMILES string of the molecule is NCc1ccc(-c2nc3c(-c4ccco4)c[nH]c(=O)c3cc2-c2ccccc2)cc1.O=C(O)C(F)(F)F. The number of carboxylic acids is 1. The first kappa shape index (κ1) is 25.4. The minimum absolute atomic E-state index is 0.185. The second-order valence-corrected chi connectivity index (χ2v) is 7.86. The molecule has 0 saturated heterocycles. The van der Waals surface area contributed by atoms with E-state index in [1.54, 1.807) is 12.5 Å². The predicted molar refractivity (Wildman–Crippen MR) is 133 cm³/mol. The molecule has 10 heteroatoms. The number of alkyl halides is 3. The van der Waals surface area contributed by atoms with Crippen LogP contribution in [0.2, 0.25) is 0 Å². The van der Waals surface area contributed by atoms with Gasteiger partial charge in [-0.05, 0) is 29.3 Å². The zero-order valence-corrected chi connectivity index (χ0v) is 19.1. The van der Waals surface area contributed by atoms with E-state index in [2.05, 4.69) is 4.98 Å². The number of benzene rings is 2. The van der Waals surface area contributed by atoms with Gasteiger partial charge in [-0.1, -0.05) is 54.6 Å². The van der Waals surface area contributed by atoms with Gasteiger partial charge < -0.3 is 20.2 Å². The molecular formula is C27H20F3N3O4. The highest BCUT2D eigenvalue weighted by Gasteiger charge is 2.38. The number of aromatic amines is 1. The number of hydrogen-bond donors (Lipinski definition) is 3. The third-order valence-electron chi connectivity index (χ3n) is 5.45. The summed E-state index contributed by atoms with van der Waals surface area (Å²) >= 11 is 0. The molecule has 0 atom stereocenters. The molecule has 0 spiro atoms. The van der Waals surface area contributed by atoms with Crippen molar-refractivity contribution in [2.45, 2.75) is 12.7 Å². The van der Waals surface area contributed by atoms with Gasteiger partial charge in [0.1, 0.15) is 5.76 Å². The molecule has 0 aliphatic rings. The van der Waals surface area contributed by atoms with Crippen LogP contribution < -0.4 is 11.3 Å². The number of H-pyrrole nitrogens is 1. The van der Waals surface area contributed by atoms with E-state index in [1.165, 1.54) is 0 Å². The summed E-state index contributed by atoms with van der Waals surface area (Å²) in [5, 5.41) is 7.64. The van der Waals surface area contributed by atoms with E-state index >= 15 is 0 Å². The Morgan fingerprint density at radius 1 is 0.973 bits per heavy atom. The van der Waals surface area contributed by atoms with Gasteiger partial charge in [0, 0.05) is 23.9 Å². The number of nitrogens with one attached hydrogen (secondary N) is 1. The van der Waals surface area contributed by atoms with Crippen LogP contribution in [0.1, 0.15) is 5.56 Å². The van der Waals surface area contributed by atoms with Crippen molar-refractivity contribution >= 4 is 16.9 Å². The summed E-state index contributed by atoms with van der Waals surface area (Å²) in [6.07, 6.45) is -1.82. The zero-order valence-electron chi connectivity index (χ0n) is 19.1. The fraction of sp³-hybridized carbons (Fsp3) is 0.0741. The van der Waals surface area contributed by atoms with Crippen molar-refractivity contribution in [3.63, 3.8) is 0 Å². The van der Waals surface area contributed by atoms with E-state index < -0.39 is 12.1 Å². The van der Waals surface area contributed by atoms with Crippen LogP contribution in [0.4, 0.5) is 13.2 Å². The maximum Gasteiger partial charge on any atom is 0.490 e. The van der Waals surface area contributed by atoms with E-state index in [0.29, 0.717) is 23.2 Å². The van der Waals surface area contributed by atoms with Gasteiger partial charge in [-0.25, -0.2) is 9.78 Å². The number of nitrogens with two attached hydrogens (primary N) is 1. The Morgan fingerprint density at radius 3 is 2.22 bits per heavy atom. The standard InChI is InChI=1S/C25H19N3O2.C2HF3O2/c26-14-16-8-10-18(11-9-16)23-19(17-5-2-1-3-6-17)13-20-24(28-23)21(15-27-25(20)29)22-7-4-12-30-22;3-2(4,5)1(6)7/h1-13,15H,14,26H2,(H,27,29);(H,6,7). The molecule has 188 valence electrons. The Balaban J connectivity index is 0.000000405. The number of carboxylic acid groups (broad SMARTS) is 1. The van der Waals surface area contributed by atoms with E-state index in [9.17, 15) is 18.0 Å². The van der Waals surface area contributed by atoms with Crippen LogP contribution in [-0.4, -0.2) is 27.2 Å². The third-order valence-corrected chi connectivity index (χ3v) is 5.45. The molecule has 3 aromatic heterocycles. The average molecular weight is 507 g/mol. The van der Waals surface area contributed by atoms with Gasteiger partial charge in [0.25, 0.3) is 5.56 Å². The van der Waals surface area contributed by atoms with Crippen LogP contribution in [0.5, 0.6) is 0 Å². The van der Waals surface area contributed by atoms with Crippen LogP contribution in [0.3, 0.4) is 0 Å². The Morgan fingerprint density at radius 2 is 1.65 bits per heavy atom. The first-order valence-electron chi connectivity index (χ1n) is 10.9. The van der Waals surface area contributed by atoms with Gasteiger partial charge in [0.05, 0.1) is 28.4 Å². The highest BCUT2D eigenvalue weighted by Crippen LogP contribution is 2.35. The normalized spacial score (nSPS) is 11.1. The molecule has 0 aliphatic heterocycles. The van der Waals surface area contributed by atoms with Crippen LogP contribution >= 0.6 is 0 Å². The van der Waals surface area contributed by atoms with Gasteiger partial charge in [-0.15, -0.1) is 0 Å². The van der Waals surface area contributed by atoms with Crippen molar-refractivity contribution in [3.8, 4) is 33.7 Å². The molecule has 0 saturated carbocycles. The van der Waals surface area contributed by atoms with E-state index in [1.807, 2.05) is 72.8 Å². The van der Waals surface area contributed by atoms with Gasteiger partial charge in [-0.2, -0.15) is 13.2 Å². The summed E-state index contributed by atoms with van der Waals surface area (Å²) in [4.78, 5) is 29.4. The minimum atomic E-state index is -5.08. The molecule has 3 heterocycles. The molecule has 0 radical (unpaired) electrons. The van der Waals surface area contributed by atoms with Crippen LogP contribution in [-0.2, 0) is 11.3 Å². The Labute approximate surface area is 208 Å². The molecule has 0 bridgehead atoms. The fourth-order valence-electron chi connectivity index (χ4n) is 3.65. The number of fused-ring (bicyclic) bond motifs is 1. The lowest BCUT2D eigenvalue weighted by molar-refractivity contribution is -0.192. The topological polar surface area (TPSA) is 122 Å². The molecule has 37 heavy (non-hydrogen) atoms. The Bertz CT molecular complexity index is 1580. The quantitative estimate of drug-likeness (QED) is 0.291. The van der Waals surface area contributed by atoms with Gasteiger partial charge >= 0.3 is 12.1 Å². The average Bonchev–Trinajstić information content (AvgIpc) is 3.43. The first-order chi connectivity index (χ1) is 17.7. The number of rotatable bonds is 4. The number of nitrogens with zero attached hydrogens (tertiary/aromatic N) is 1. The van der Waals surface area contributed by atoms with Gasteiger partial charge in [0.2, 0.25) is 0 Å². The number of furan rings is 1. The Hall–Kier alpha value is -4.70. The van der Waals surface area contributed by atoms with Gasteiger partial charge in [-0.3, -0.25) is 4.79 Å². The van der Waals surface area contributed by atoms with Crippen LogP contribution in [0.25, 0.3) is 44.6 Å². The van der Waals surface area contributed by atoms with Crippen molar-refractivity contribution in [1.29, 1.82) is 0 Å². The number of pyridine rings is 2. The Kier molecular flexibility index (Phi) is 7.21. The first-order valence-corrected chi connectivity index (χ1v) is 10.9. The van der Waals surface area contributed by atoms with Crippen LogP contribution in [0, 0.1) is 0 Å². The molecule has 4 N–H and O–H groups in total. The summed E-state index contributed by atoms with van der Waals surface area (Å²) in [5.41, 5.74) is 11.6. The molecule has 7 nitrogen and oxygen atoms in total. The summed E-state index contributed by atoms with van der Waals surface area (Å²) in [6.45, 7) is 0.481. The molecule has 5 rings (SSSR count).